The Morgan fingerprint density at radius 1 is 1.26 bits per heavy atom. The van der Waals surface area contributed by atoms with Crippen molar-refractivity contribution in [2.75, 3.05) is 29.9 Å². The maximum Gasteiger partial charge on any atom is 0.284 e. The van der Waals surface area contributed by atoms with E-state index in [1.807, 2.05) is 12.1 Å². The van der Waals surface area contributed by atoms with Gasteiger partial charge in [0.1, 0.15) is 16.2 Å². The van der Waals surface area contributed by atoms with Gasteiger partial charge in [-0.3, -0.25) is 4.79 Å². The van der Waals surface area contributed by atoms with Gasteiger partial charge in [-0.1, -0.05) is 11.3 Å². The average Bonchev–Trinajstić information content (AvgIpc) is 3.42. The number of amides is 1. The minimum atomic E-state index is -0.495. The predicted molar refractivity (Wildman–Crippen MR) is 117 cm³/mol. The zero-order valence-electron chi connectivity index (χ0n) is 16.9. The molecule has 2 N–H and O–H groups in total. The first-order valence-corrected chi connectivity index (χ1v) is 11.0. The van der Waals surface area contributed by atoms with Crippen LogP contribution < -0.4 is 15.5 Å². The lowest BCUT2D eigenvalue weighted by molar-refractivity contribution is 0.102. The molecule has 31 heavy (non-hydrogen) atoms. The van der Waals surface area contributed by atoms with E-state index in [1.54, 1.807) is 23.7 Å². The lowest BCUT2D eigenvalue weighted by Crippen LogP contribution is -2.58. The first kappa shape index (κ1) is 18.6. The number of hydrogen-bond acceptors (Lipinski definition) is 7. The Morgan fingerprint density at radius 2 is 2.13 bits per heavy atom. The normalized spacial score (nSPS) is 20.6. The summed E-state index contributed by atoms with van der Waals surface area (Å²) in [6.45, 7) is 4.81. The molecule has 0 radical (unpaired) electrons. The van der Waals surface area contributed by atoms with Crippen LogP contribution in [-0.4, -0.2) is 50.4 Å². The van der Waals surface area contributed by atoms with Gasteiger partial charge in [-0.15, -0.1) is 0 Å². The Kier molecular flexibility index (Phi) is 4.03. The molecule has 2 saturated heterocycles. The molecule has 0 bridgehead atoms. The predicted octanol–water partition coefficient (Wildman–Crippen LogP) is 2.98. The molecule has 10 heteroatoms. The van der Waals surface area contributed by atoms with Crippen LogP contribution in [0.3, 0.4) is 0 Å². The molecule has 2 aliphatic rings. The molecular formula is C21H20FN7OS. The number of nitrogens with one attached hydrogen (secondary N) is 2. The first-order chi connectivity index (χ1) is 15.0. The third-order valence-electron chi connectivity index (χ3n) is 6.10. The number of rotatable bonds is 3. The fourth-order valence-electron chi connectivity index (χ4n) is 4.41. The fourth-order valence-corrected chi connectivity index (χ4v) is 5.24. The van der Waals surface area contributed by atoms with Crippen molar-refractivity contribution in [3.8, 4) is 0 Å². The fraction of sp³-hybridized carbons (Fsp3) is 0.333. The van der Waals surface area contributed by atoms with E-state index in [9.17, 15) is 9.18 Å². The van der Waals surface area contributed by atoms with Crippen molar-refractivity contribution >= 4 is 44.7 Å². The van der Waals surface area contributed by atoms with E-state index in [0.717, 1.165) is 36.7 Å². The molecule has 0 unspecified atom stereocenters. The highest BCUT2D eigenvalue weighted by molar-refractivity contribution is 7.20. The van der Waals surface area contributed by atoms with Crippen LogP contribution in [0.25, 0.3) is 16.0 Å². The molecule has 4 aromatic heterocycles. The Hall–Kier alpha value is -3.11. The van der Waals surface area contributed by atoms with E-state index in [4.69, 9.17) is 4.98 Å². The van der Waals surface area contributed by atoms with Crippen LogP contribution in [0.2, 0.25) is 0 Å². The highest BCUT2D eigenvalue weighted by Crippen LogP contribution is 2.33. The summed E-state index contributed by atoms with van der Waals surface area (Å²) in [5.74, 6) is 0.0291. The number of aromatic nitrogens is 4. The maximum atomic E-state index is 14.3. The number of carbonyl (C=O) groups is 1. The van der Waals surface area contributed by atoms with E-state index >= 15 is 0 Å². The Balaban J connectivity index is 1.24. The number of thiazole rings is 1. The second kappa shape index (κ2) is 6.69. The zero-order valence-corrected chi connectivity index (χ0v) is 17.7. The van der Waals surface area contributed by atoms with Crippen molar-refractivity contribution in [1.82, 2.24) is 24.7 Å². The van der Waals surface area contributed by atoms with Gasteiger partial charge in [-0.05, 0) is 38.4 Å². The lowest BCUT2D eigenvalue weighted by Gasteiger charge is -2.39. The summed E-state index contributed by atoms with van der Waals surface area (Å²) in [4.78, 5) is 29.1. The van der Waals surface area contributed by atoms with Crippen LogP contribution in [0.4, 0.5) is 15.9 Å². The number of fused-ring (bicyclic) bond motifs is 2. The summed E-state index contributed by atoms with van der Waals surface area (Å²) >= 11 is 1.24. The number of carbonyl (C=O) groups excluding carboxylic acids is 1. The molecule has 2 aliphatic heterocycles. The van der Waals surface area contributed by atoms with Crippen LogP contribution in [0, 0.1) is 12.7 Å². The molecule has 0 aromatic carbocycles. The summed E-state index contributed by atoms with van der Waals surface area (Å²) in [6, 6.07) is 5.14. The van der Waals surface area contributed by atoms with Crippen LogP contribution in [0.5, 0.6) is 0 Å². The molecule has 0 saturated carbocycles. The van der Waals surface area contributed by atoms with Gasteiger partial charge in [0.05, 0.1) is 11.4 Å². The molecular weight excluding hydrogens is 417 g/mol. The Labute approximate surface area is 181 Å². The molecule has 6 rings (SSSR count). The number of imidazole rings is 1. The Bertz CT molecular complexity index is 1340. The molecule has 0 aliphatic carbocycles. The van der Waals surface area contributed by atoms with Gasteiger partial charge < -0.3 is 19.9 Å². The minimum Gasteiger partial charge on any atom is -0.355 e. The van der Waals surface area contributed by atoms with Gasteiger partial charge in [0.2, 0.25) is 0 Å². The average molecular weight is 438 g/mol. The zero-order chi connectivity index (χ0) is 21.2. The number of anilines is 2. The van der Waals surface area contributed by atoms with E-state index in [2.05, 4.69) is 25.5 Å². The van der Waals surface area contributed by atoms with E-state index in [1.165, 1.54) is 23.8 Å². The van der Waals surface area contributed by atoms with Gasteiger partial charge in [-0.25, -0.2) is 19.3 Å². The minimum absolute atomic E-state index is 0.230. The molecule has 6 heterocycles. The third kappa shape index (κ3) is 3.14. The number of nitrogens with zero attached hydrogens (tertiary/aromatic N) is 5. The number of halogens is 1. The van der Waals surface area contributed by atoms with Crippen molar-refractivity contribution in [2.24, 2.45) is 0 Å². The van der Waals surface area contributed by atoms with Gasteiger partial charge >= 0.3 is 0 Å². The van der Waals surface area contributed by atoms with E-state index in [0.29, 0.717) is 21.9 Å². The second-order valence-corrected chi connectivity index (χ2v) is 9.26. The standard InChI is InChI=1S/C21H20FN7OS/c1-12-9-29-10-13(8-14(22)17(29)24-12)25-18(30)20-26-15-2-3-16(27-19(15)31-20)28-7-5-21(11-28)4-6-23-21/h2-3,8-10,23H,4-7,11H2,1H3,(H,25,30)/t21-/m1/s1. The summed E-state index contributed by atoms with van der Waals surface area (Å²) in [6.07, 6.45) is 5.68. The summed E-state index contributed by atoms with van der Waals surface area (Å²) in [7, 11) is 0. The van der Waals surface area contributed by atoms with Crippen LogP contribution in [-0.2, 0) is 0 Å². The van der Waals surface area contributed by atoms with Gasteiger partial charge in [-0.2, -0.15) is 0 Å². The molecule has 8 nitrogen and oxygen atoms in total. The smallest absolute Gasteiger partial charge is 0.284 e. The molecule has 1 amide bonds. The van der Waals surface area contributed by atoms with Crippen molar-refractivity contribution < 1.29 is 9.18 Å². The number of aryl methyl sites for hydroxylation is 1. The monoisotopic (exact) mass is 437 g/mol. The van der Waals surface area contributed by atoms with Crippen LogP contribution >= 0.6 is 11.3 Å². The SMILES string of the molecule is Cc1cn2cc(NC(=O)c3nc4ccc(N5CC[C@]6(CCN6)C5)nc4s3)cc(F)c2n1. The van der Waals surface area contributed by atoms with Crippen molar-refractivity contribution in [3.63, 3.8) is 0 Å². The summed E-state index contributed by atoms with van der Waals surface area (Å²) in [5, 5.41) is 6.57. The van der Waals surface area contributed by atoms with Gasteiger partial charge in [0.15, 0.2) is 16.5 Å². The van der Waals surface area contributed by atoms with Crippen LogP contribution in [0.15, 0.2) is 30.6 Å². The van der Waals surface area contributed by atoms with E-state index in [-0.39, 0.29) is 17.1 Å². The van der Waals surface area contributed by atoms with Crippen molar-refractivity contribution in [1.29, 1.82) is 0 Å². The quantitative estimate of drug-likeness (QED) is 0.512. The molecule has 2 fully saturated rings. The lowest BCUT2D eigenvalue weighted by atomic mass is 9.87. The molecule has 1 atom stereocenters. The van der Waals surface area contributed by atoms with Gasteiger partial charge in [0, 0.05) is 37.1 Å². The van der Waals surface area contributed by atoms with Crippen molar-refractivity contribution in [2.45, 2.75) is 25.3 Å². The maximum absolute atomic E-state index is 14.3. The molecule has 1 spiro atoms. The van der Waals surface area contributed by atoms with Gasteiger partial charge in [0.25, 0.3) is 5.91 Å². The largest absolute Gasteiger partial charge is 0.355 e. The molecule has 4 aromatic rings. The second-order valence-electron chi connectivity index (χ2n) is 8.29. The topological polar surface area (TPSA) is 87.5 Å². The molecule has 158 valence electrons. The summed E-state index contributed by atoms with van der Waals surface area (Å²) < 4.78 is 15.9. The van der Waals surface area contributed by atoms with Crippen LogP contribution in [0.1, 0.15) is 28.3 Å². The van der Waals surface area contributed by atoms with Crippen molar-refractivity contribution in [3.05, 3.63) is 47.1 Å². The first-order valence-electron chi connectivity index (χ1n) is 10.2. The third-order valence-corrected chi connectivity index (χ3v) is 7.06. The number of hydrogen-bond donors (Lipinski definition) is 2. The van der Waals surface area contributed by atoms with E-state index < -0.39 is 5.82 Å². The summed E-state index contributed by atoms with van der Waals surface area (Å²) in [5.41, 5.74) is 2.21. The highest BCUT2D eigenvalue weighted by atomic mass is 32.1. The Morgan fingerprint density at radius 3 is 2.90 bits per heavy atom. The number of pyridine rings is 2. The highest BCUT2D eigenvalue weighted by Gasteiger charge is 2.42.